The van der Waals surface area contributed by atoms with Gasteiger partial charge in [-0.05, 0) is 31.0 Å². The summed E-state index contributed by atoms with van der Waals surface area (Å²) in [6.45, 7) is 0. The Hall–Kier alpha value is -0.920. The summed E-state index contributed by atoms with van der Waals surface area (Å²) < 4.78 is 1.87. The van der Waals surface area contributed by atoms with E-state index >= 15 is 0 Å². The lowest BCUT2D eigenvalue weighted by Crippen LogP contribution is -2.14. The summed E-state index contributed by atoms with van der Waals surface area (Å²) >= 11 is 6.51. The first-order valence-electron chi connectivity index (χ1n) is 7.26. The average molecular weight is 398 g/mol. The number of ketones is 1. The van der Waals surface area contributed by atoms with Crippen LogP contribution in [0.3, 0.4) is 0 Å². The van der Waals surface area contributed by atoms with Crippen LogP contribution < -0.4 is 5.32 Å². The SMILES string of the molecule is O=C1CCCCCC1Sc1nnc(Nc2cccc(Br)c2)s1. The van der Waals surface area contributed by atoms with Crippen LogP contribution in [0.5, 0.6) is 0 Å². The van der Waals surface area contributed by atoms with Crippen LogP contribution in [-0.2, 0) is 4.79 Å². The number of Topliss-reactive ketones (excluding diaryl/α,β-unsaturated/α-hetero) is 1. The molecular weight excluding hydrogens is 382 g/mol. The van der Waals surface area contributed by atoms with Gasteiger partial charge in [0.15, 0.2) is 4.34 Å². The number of rotatable bonds is 4. The van der Waals surface area contributed by atoms with E-state index in [0.717, 1.165) is 45.3 Å². The van der Waals surface area contributed by atoms with Gasteiger partial charge >= 0.3 is 0 Å². The zero-order valence-corrected chi connectivity index (χ0v) is 15.1. The van der Waals surface area contributed by atoms with Crippen LogP contribution >= 0.6 is 39.0 Å². The van der Waals surface area contributed by atoms with Crippen molar-refractivity contribution in [3.05, 3.63) is 28.7 Å². The van der Waals surface area contributed by atoms with Crippen molar-refractivity contribution in [2.45, 2.75) is 41.7 Å². The third-order valence-electron chi connectivity index (χ3n) is 3.47. The highest BCUT2D eigenvalue weighted by atomic mass is 79.9. The molecule has 116 valence electrons. The van der Waals surface area contributed by atoms with E-state index < -0.39 is 0 Å². The van der Waals surface area contributed by atoms with Crippen molar-refractivity contribution in [1.82, 2.24) is 10.2 Å². The maximum absolute atomic E-state index is 12.1. The molecule has 3 rings (SSSR count). The number of carbonyl (C=O) groups is 1. The number of halogens is 1. The van der Waals surface area contributed by atoms with E-state index in [2.05, 4.69) is 31.4 Å². The van der Waals surface area contributed by atoms with Gasteiger partial charge in [0.25, 0.3) is 0 Å². The average Bonchev–Trinajstić information content (AvgIpc) is 2.82. The van der Waals surface area contributed by atoms with Gasteiger partial charge in [-0.25, -0.2) is 0 Å². The lowest BCUT2D eigenvalue weighted by Gasteiger charge is -2.09. The predicted molar refractivity (Wildman–Crippen MR) is 95.1 cm³/mol. The quantitative estimate of drug-likeness (QED) is 0.732. The molecule has 1 aliphatic rings. The second kappa shape index (κ2) is 7.57. The summed E-state index contributed by atoms with van der Waals surface area (Å²) in [6.07, 6.45) is 4.98. The molecule has 1 aromatic carbocycles. The lowest BCUT2D eigenvalue weighted by molar-refractivity contribution is -0.118. The molecule has 0 bridgehead atoms. The summed E-state index contributed by atoms with van der Waals surface area (Å²) in [5, 5.41) is 12.4. The Bertz CT molecular complexity index is 662. The third kappa shape index (κ3) is 4.30. The molecule has 0 aliphatic heterocycles. The molecule has 1 saturated carbocycles. The van der Waals surface area contributed by atoms with Gasteiger partial charge in [0.05, 0.1) is 5.25 Å². The molecule has 1 N–H and O–H groups in total. The van der Waals surface area contributed by atoms with E-state index in [4.69, 9.17) is 0 Å². The standard InChI is InChI=1S/C15H16BrN3OS2/c16-10-5-4-6-11(9-10)17-14-18-19-15(22-14)21-13-8-3-1-2-7-12(13)20/h4-6,9,13H,1-3,7-8H2,(H,17,18). The fourth-order valence-electron chi connectivity index (χ4n) is 2.37. The summed E-state index contributed by atoms with van der Waals surface area (Å²) in [5.41, 5.74) is 0.965. The van der Waals surface area contributed by atoms with Crippen molar-refractivity contribution >= 4 is 55.6 Å². The van der Waals surface area contributed by atoms with Gasteiger partial charge < -0.3 is 5.32 Å². The summed E-state index contributed by atoms with van der Waals surface area (Å²) in [5.74, 6) is 0.360. The van der Waals surface area contributed by atoms with Crippen molar-refractivity contribution < 1.29 is 4.79 Å². The first-order valence-corrected chi connectivity index (χ1v) is 9.75. The number of anilines is 2. The highest BCUT2D eigenvalue weighted by Crippen LogP contribution is 2.34. The molecular formula is C15H16BrN3OS2. The molecule has 0 saturated heterocycles. The van der Waals surface area contributed by atoms with Crippen molar-refractivity contribution in [2.24, 2.45) is 0 Å². The molecule has 4 nitrogen and oxygen atoms in total. The van der Waals surface area contributed by atoms with Crippen LogP contribution in [0, 0.1) is 0 Å². The second-order valence-electron chi connectivity index (χ2n) is 5.18. The van der Waals surface area contributed by atoms with Crippen LogP contribution in [0.15, 0.2) is 33.1 Å². The van der Waals surface area contributed by atoms with Gasteiger partial charge in [-0.2, -0.15) is 0 Å². The van der Waals surface area contributed by atoms with Gasteiger partial charge in [0.2, 0.25) is 5.13 Å². The molecule has 1 aliphatic carbocycles. The summed E-state index contributed by atoms with van der Waals surface area (Å²) in [4.78, 5) is 12.1. The van der Waals surface area contributed by atoms with Crippen molar-refractivity contribution in [3.8, 4) is 0 Å². The fourth-order valence-corrected chi connectivity index (χ4v) is 4.91. The number of aromatic nitrogens is 2. The second-order valence-corrected chi connectivity index (χ2v) is 8.52. The molecule has 0 amide bonds. The summed E-state index contributed by atoms with van der Waals surface area (Å²) in [6, 6.07) is 7.91. The number of hydrogen-bond acceptors (Lipinski definition) is 6. The minimum Gasteiger partial charge on any atom is -0.330 e. The van der Waals surface area contributed by atoms with Gasteiger partial charge in [-0.1, -0.05) is 57.9 Å². The molecule has 1 aromatic heterocycles. The maximum atomic E-state index is 12.1. The first kappa shape index (κ1) is 16.0. The fraction of sp³-hybridized carbons (Fsp3) is 0.400. The van der Waals surface area contributed by atoms with Crippen LogP contribution in [0.1, 0.15) is 32.1 Å². The van der Waals surface area contributed by atoms with Crippen molar-refractivity contribution in [2.75, 3.05) is 5.32 Å². The Labute approximate surface area is 146 Å². The molecule has 22 heavy (non-hydrogen) atoms. The van der Waals surface area contributed by atoms with E-state index in [1.807, 2.05) is 24.3 Å². The first-order chi connectivity index (χ1) is 10.7. The van der Waals surface area contributed by atoms with Crippen LogP contribution in [-0.4, -0.2) is 21.2 Å². The Kier molecular flexibility index (Phi) is 5.49. The van der Waals surface area contributed by atoms with E-state index in [-0.39, 0.29) is 5.25 Å². The lowest BCUT2D eigenvalue weighted by atomic mass is 10.2. The minimum absolute atomic E-state index is 0.0502. The minimum atomic E-state index is 0.0502. The van der Waals surface area contributed by atoms with E-state index in [9.17, 15) is 4.79 Å². The van der Waals surface area contributed by atoms with Crippen molar-refractivity contribution in [3.63, 3.8) is 0 Å². The largest absolute Gasteiger partial charge is 0.330 e. The van der Waals surface area contributed by atoms with Crippen LogP contribution in [0.2, 0.25) is 0 Å². The smallest absolute Gasteiger partial charge is 0.210 e. The monoisotopic (exact) mass is 397 g/mol. The predicted octanol–water partition coefficient (Wildman–Crippen LogP) is 5.04. The summed E-state index contributed by atoms with van der Waals surface area (Å²) in [7, 11) is 0. The Morgan fingerprint density at radius 3 is 3.05 bits per heavy atom. The zero-order valence-electron chi connectivity index (χ0n) is 11.9. The van der Waals surface area contributed by atoms with E-state index in [1.54, 1.807) is 11.8 Å². The van der Waals surface area contributed by atoms with Gasteiger partial charge in [0.1, 0.15) is 5.78 Å². The number of carbonyl (C=O) groups excluding carboxylic acids is 1. The maximum Gasteiger partial charge on any atom is 0.210 e. The highest BCUT2D eigenvalue weighted by molar-refractivity contribution is 9.10. The molecule has 7 heteroatoms. The third-order valence-corrected chi connectivity index (χ3v) is 6.21. The van der Waals surface area contributed by atoms with Gasteiger partial charge in [0, 0.05) is 16.6 Å². The zero-order chi connectivity index (χ0) is 15.4. The van der Waals surface area contributed by atoms with Crippen LogP contribution in [0.25, 0.3) is 0 Å². The molecule has 1 heterocycles. The number of benzene rings is 1. The van der Waals surface area contributed by atoms with E-state index in [1.165, 1.54) is 11.3 Å². The Balaban J connectivity index is 1.64. The molecule has 0 spiro atoms. The molecule has 1 fully saturated rings. The topological polar surface area (TPSA) is 54.9 Å². The Morgan fingerprint density at radius 2 is 2.18 bits per heavy atom. The van der Waals surface area contributed by atoms with Crippen LogP contribution in [0.4, 0.5) is 10.8 Å². The Morgan fingerprint density at radius 1 is 1.27 bits per heavy atom. The number of nitrogens with one attached hydrogen (secondary N) is 1. The number of thioether (sulfide) groups is 1. The molecule has 1 atom stereocenters. The normalized spacial score (nSPS) is 19.0. The van der Waals surface area contributed by atoms with Gasteiger partial charge in [-0.15, -0.1) is 10.2 Å². The molecule has 1 unspecified atom stereocenters. The van der Waals surface area contributed by atoms with E-state index in [0.29, 0.717) is 12.2 Å². The number of nitrogens with zero attached hydrogens (tertiary/aromatic N) is 2. The van der Waals surface area contributed by atoms with Gasteiger partial charge in [-0.3, -0.25) is 4.79 Å². The van der Waals surface area contributed by atoms with Crippen molar-refractivity contribution in [1.29, 1.82) is 0 Å². The number of hydrogen-bond donors (Lipinski definition) is 1. The highest BCUT2D eigenvalue weighted by Gasteiger charge is 2.23. The molecule has 0 radical (unpaired) electrons. The molecule has 2 aromatic rings.